The van der Waals surface area contributed by atoms with Crippen molar-refractivity contribution in [1.29, 1.82) is 0 Å². The predicted octanol–water partition coefficient (Wildman–Crippen LogP) is 5.91. The van der Waals surface area contributed by atoms with Crippen molar-refractivity contribution in [1.82, 2.24) is 5.32 Å². The van der Waals surface area contributed by atoms with Crippen molar-refractivity contribution < 1.29 is 17.9 Å². The van der Waals surface area contributed by atoms with E-state index in [1.165, 1.54) is 9.87 Å². The number of rotatable bonds is 12. The van der Waals surface area contributed by atoms with Crippen LogP contribution >= 0.6 is 0 Å². The number of carbonyl (C=O) groups excluding carboxylic acids is 1. The molecule has 0 fully saturated rings. The Hall–Kier alpha value is -4.10. The lowest BCUT2D eigenvalue weighted by molar-refractivity contribution is -0.123. The van der Waals surface area contributed by atoms with Gasteiger partial charge in [0.05, 0.1) is 17.1 Å². The smallest absolute Gasteiger partial charge is 0.264 e. The molecule has 4 aromatic carbocycles. The largest absolute Gasteiger partial charge is 0.484 e. The Morgan fingerprint density at radius 1 is 0.821 bits per heavy atom. The quantitative estimate of drug-likeness (QED) is 0.242. The molecule has 1 N–H and O–H groups in total. The van der Waals surface area contributed by atoms with Crippen LogP contribution in [0.2, 0.25) is 0 Å². The molecule has 0 bridgehead atoms. The average Bonchev–Trinajstić information content (AvgIpc) is 2.95. The molecule has 0 radical (unpaired) electrons. The highest BCUT2D eigenvalue weighted by atomic mass is 32.2. The first-order chi connectivity index (χ1) is 18.8. The molecule has 0 saturated carbocycles. The maximum absolute atomic E-state index is 13.6. The minimum atomic E-state index is -3.82. The van der Waals surface area contributed by atoms with Gasteiger partial charge in [-0.1, -0.05) is 78.4 Å². The lowest BCUT2D eigenvalue weighted by Gasteiger charge is -2.25. The fourth-order valence-corrected chi connectivity index (χ4v) is 5.63. The molecule has 0 aliphatic heterocycles. The summed E-state index contributed by atoms with van der Waals surface area (Å²) in [6.07, 6.45) is 1.72. The standard InChI is InChI=1S/C32H34N2O4S/c1-25-13-21-31(22-14-25)39(36,37)34(23-28-11-7-4-8-12-28)29-17-19-30(20-18-29)38-24-32(35)33-26(2)15-16-27-9-5-3-6-10-27/h3-14,17-22,26H,15-16,23-24H2,1-2H3,(H,33,35)/t26-/m1/s1. The van der Waals surface area contributed by atoms with Crippen molar-refractivity contribution in [3.05, 3.63) is 126 Å². The number of nitrogens with zero attached hydrogens (tertiary/aromatic N) is 1. The first-order valence-corrected chi connectivity index (χ1v) is 14.4. The van der Waals surface area contributed by atoms with Gasteiger partial charge in [0, 0.05) is 6.04 Å². The summed E-state index contributed by atoms with van der Waals surface area (Å²) < 4.78 is 34.3. The number of aryl methyl sites for hydroxylation is 2. The van der Waals surface area contributed by atoms with Gasteiger partial charge >= 0.3 is 0 Å². The molecule has 4 rings (SSSR count). The number of anilines is 1. The molecule has 0 saturated heterocycles. The summed E-state index contributed by atoms with van der Waals surface area (Å²) in [5.74, 6) is 0.283. The van der Waals surface area contributed by atoms with Crippen LogP contribution in [0.4, 0.5) is 5.69 Å². The van der Waals surface area contributed by atoms with Crippen LogP contribution in [0.25, 0.3) is 0 Å². The van der Waals surface area contributed by atoms with E-state index in [0.29, 0.717) is 11.4 Å². The summed E-state index contributed by atoms with van der Waals surface area (Å²) in [5, 5.41) is 2.97. The molecule has 0 aliphatic carbocycles. The van der Waals surface area contributed by atoms with Crippen LogP contribution in [-0.2, 0) is 27.8 Å². The molecule has 6 nitrogen and oxygen atoms in total. The van der Waals surface area contributed by atoms with E-state index in [1.54, 1.807) is 48.5 Å². The fraction of sp³-hybridized carbons (Fsp3) is 0.219. The third kappa shape index (κ3) is 7.94. The Balaban J connectivity index is 1.40. The summed E-state index contributed by atoms with van der Waals surface area (Å²) in [6.45, 7) is 3.96. The molecule has 4 aromatic rings. The van der Waals surface area contributed by atoms with Crippen molar-refractivity contribution >= 4 is 21.6 Å². The SMILES string of the molecule is Cc1ccc(S(=O)(=O)N(Cc2ccccc2)c2ccc(OCC(=O)N[C@H](C)CCc3ccccc3)cc2)cc1. The molecule has 202 valence electrons. The van der Waals surface area contributed by atoms with E-state index in [0.717, 1.165) is 24.0 Å². The van der Waals surface area contributed by atoms with Gasteiger partial charge in [-0.05, 0) is 74.2 Å². The Kier molecular flexibility index (Phi) is 9.39. The number of sulfonamides is 1. The highest BCUT2D eigenvalue weighted by Crippen LogP contribution is 2.28. The van der Waals surface area contributed by atoms with Gasteiger partial charge in [-0.25, -0.2) is 8.42 Å². The zero-order valence-electron chi connectivity index (χ0n) is 22.3. The van der Waals surface area contributed by atoms with Gasteiger partial charge in [-0.15, -0.1) is 0 Å². The second kappa shape index (κ2) is 13.1. The van der Waals surface area contributed by atoms with Gasteiger partial charge in [0.25, 0.3) is 15.9 Å². The monoisotopic (exact) mass is 542 g/mol. The number of hydrogen-bond acceptors (Lipinski definition) is 4. The second-order valence-corrected chi connectivity index (χ2v) is 11.4. The Bertz CT molecular complexity index is 1440. The zero-order valence-corrected chi connectivity index (χ0v) is 23.1. The predicted molar refractivity (Wildman–Crippen MR) is 155 cm³/mol. The van der Waals surface area contributed by atoms with Crippen molar-refractivity contribution in [3.8, 4) is 5.75 Å². The van der Waals surface area contributed by atoms with Crippen LogP contribution in [0.15, 0.2) is 114 Å². The van der Waals surface area contributed by atoms with Gasteiger partial charge in [-0.3, -0.25) is 9.10 Å². The lowest BCUT2D eigenvalue weighted by Crippen LogP contribution is -2.36. The van der Waals surface area contributed by atoms with E-state index >= 15 is 0 Å². The molecule has 39 heavy (non-hydrogen) atoms. The number of nitrogens with one attached hydrogen (secondary N) is 1. The normalized spacial score (nSPS) is 11.9. The molecule has 0 heterocycles. The van der Waals surface area contributed by atoms with E-state index < -0.39 is 10.0 Å². The van der Waals surface area contributed by atoms with Gasteiger partial charge in [0.2, 0.25) is 0 Å². The first-order valence-electron chi connectivity index (χ1n) is 13.0. The summed E-state index contributed by atoms with van der Waals surface area (Å²) >= 11 is 0. The third-order valence-electron chi connectivity index (χ3n) is 6.39. The molecule has 0 aliphatic rings. The molecule has 1 atom stereocenters. The molecular weight excluding hydrogens is 508 g/mol. The molecular formula is C32H34N2O4S. The lowest BCUT2D eigenvalue weighted by atomic mass is 10.1. The molecule has 0 aromatic heterocycles. The minimum Gasteiger partial charge on any atom is -0.484 e. The van der Waals surface area contributed by atoms with Crippen molar-refractivity contribution in [3.63, 3.8) is 0 Å². The summed E-state index contributed by atoms with van der Waals surface area (Å²) in [6, 6.07) is 33.2. The van der Waals surface area contributed by atoms with E-state index in [9.17, 15) is 13.2 Å². The highest BCUT2D eigenvalue weighted by molar-refractivity contribution is 7.92. The molecule has 7 heteroatoms. The second-order valence-electron chi connectivity index (χ2n) is 9.59. The van der Waals surface area contributed by atoms with Crippen LogP contribution in [0.5, 0.6) is 5.75 Å². The van der Waals surface area contributed by atoms with Gasteiger partial charge in [0.1, 0.15) is 5.75 Å². The van der Waals surface area contributed by atoms with E-state index in [4.69, 9.17) is 4.74 Å². The summed E-state index contributed by atoms with van der Waals surface area (Å²) in [4.78, 5) is 12.6. The van der Waals surface area contributed by atoms with Crippen molar-refractivity contribution in [2.45, 2.75) is 44.2 Å². The average molecular weight is 543 g/mol. The van der Waals surface area contributed by atoms with Gasteiger partial charge in [0.15, 0.2) is 6.61 Å². The molecule has 0 unspecified atom stereocenters. The highest BCUT2D eigenvalue weighted by Gasteiger charge is 2.25. The van der Waals surface area contributed by atoms with Crippen LogP contribution < -0.4 is 14.4 Å². The van der Waals surface area contributed by atoms with Crippen molar-refractivity contribution in [2.24, 2.45) is 0 Å². The fourth-order valence-electron chi connectivity index (χ4n) is 4.18. The van der Waals surface area contributed by atoms with Crippen LogP contribution in [0, 0.1) is 6.92 Å². The van der Waals surface area contributed by atoms with E-state index in [1.807, 2.05) is 62.4 Å². The van der Waals surface area contributed by atoms with Crippen LogP contribution in [-0.4, -0.2) is 27.0 Å². The summed E-state index contributed by atoms with van der Waals surface area (Å²) in [5.41, 5.74) is 3.60. The van der Waals surface area contributed by atoms with Crippen molar-refractivity contribution in [2.75, 3.05) is 10.9 Å². The summed E-state index contributed by atoms with van der Waals surface area (Å²) in [7, 11) is -3.82. The number of ether oxygens (including phenoxy) is 1. The zero-order chi connectivity index (χ0) is 27.7. The third-order valence-corrected chi connectivity index (χ3v) is 8.18. The van der Waals surface area contributed by atoms with E-state index in [2.05, 4.69) is 17.4 Å². The molecule has 1 amide bonds. The van der Waals surface area contributed by atoms with Gasteiger partial charge < -0.3 is 10.1 Å². The number of carbonyl (C=O) groups is 1. The van der Waals surface area contributed by atoms with Crippen LogP contribution in [0.1, 0.15) is 30.0 Å². The Labute approximate surface area is 231 Å². The number of hydrogen-bond donors (Lipinski definition) is 1. The van der Waals surface area contributed by atoms with Crippen LogP contribution in [0.3, 0.4) is 0 Å². The topological polar surface area (TPSA) is 75.7 Å². The van der Waals surface area contributed by atoms with E-state index in [-0.39, 0.29) is 30.0 Å². The minimum absolute atomic E-state index is 0.0159. The molecule has 0 spiro atoms. The van der Waals surface area contributed by atoms with Gasteiger partial charge in [-0.2, -0.15) is 0 Å². The maximum Gasteiger partial charge on any atom is 0.264 e. The number of amides is 1. The maximum atomic E-state index is 13.6. The first kappa shape index (κ1) is 27.9. The Morgan fingerprint density at radius 3 is 2.03 bits per heavy atom. The number of benzene rings is 4. The Morgan fingerprint density at radius 2 is 1.41 bits per heavy atom.